The normalized spacial score (nSPS) is 24.3. The summed E-state index contributed by atoms with van der Waals surface area (Å²) in [6.45, 7) is 1.59. The largest absolute Gasteiger partial charge is 0.481 e. The molecule has 0 bridgehead atoms. The highest BCUT2D eigenvalue weighted by atomic mass is 16.4. The monoisotopic (exact) mass is 242 g/mol. The molecule has 1 aliphatic carbocycles. The van der Waals surface area contributed by atoms with Crippen molar-refractivity contribution in [1.82, 2.24) is 10.6 Å². The molecule has 0 atom stereocenters. The van der Waals surface area contributed by atoms with E-state index in [0.717, 1.165) is 32.2 Å². The van der Waals surface area contributed by atoms with Gasteiger partial charge in [0.25, 0.3) is 0 Å². The third-order valence-corrected chi connectivity index (χ3v) is 3.44. The van der Waals surface area contributed by atoms with Gasteiger partial charge in [0.2, 0.25) is 5.91 Å². The molecule has 0 aromatic carbocycles. The van der Waals surface area contributed by atoms with Crippen LogP contribution in [0.1, 0.15) is 32.1 Å². The van der Waals surface area contributed by atoms with E-state index in [1.54, 1.807) is 7.05 Å². The second-order valence-corrected chi connectivity index (χ2v) is 4.68. The number of aliphatic carboxylic acids is 1. The van der Waals surface area contributed by atoms with Crippen molar-refractivity contribution in [1.29, 1.82) is 0 Å². The second-order valence-electron chi connectivity index (χ2n) is 4.68. The lowest BCUT2D eigenvalue weighted by molar-refractivity contribution is -0.143. The van der Waals surface area contributed by atoms with Crippen molar-refractivity contribution in [3.63, 3.8) is 0 Å². The van der Waals surface area contributed by atoms with Crippen LogP contribution in [0.3, 0.4) is 0 Å². The zero-order valence-electron chi connectivity index (χ0n) is 10.4. The van der Waals surface area contributed by atoms with E-state index in [1.807, 2.05) is 0 Å². The second kappa shape index (κ2) is 7.27. The molecule has 0 aliphatic heterocycles. The molecule has 0 saturated heterocycles. The van der Waals surface area contributed by atoms with Gasteiger partial charge in [0, 0.05) is 20.0 Å². The van der Waals surface area contributed by atoms with E-state index in [2.05, 4.69) is 10.6 Å². The Morgan fingerprint density at radius 3 is 2.41 bits per heavy atom. The van der Waals surface area contributed by atoms with Crippen molar-refractivity contribution in [2.45, 2.75) is 32.1 Å². The first kappa shape index (κ1) is 14.0. The summed E-state index contributed by atoms with van der Waals surface area (Å²) in [4.78, 5) is 21.7. The summed E-state index contributed by atoms with van der Waals surface area (Å²) in [7, 11) is 1.63. The molecular formula is C12H22N2O3. The average Bonchev–Trinajstić information content (AvgIpc) is 2.34. The molecule has 1 aliphatic rings. The Balaban J connectivity index is 2.06. The number of amides is 1. The summed E-state index contributed by atoms with van der Waals surface area (Å²) in [6, 6.07) is 0. The van der Waals surface area contributed by atoms with Gasteiger partial charge in [0.1, 0.15) is 0 Å². The zero-order chi connectivity index (χ0) is 12.7. The number of carboxylic acid groups (broad SMARTS) is 1. The van der Waals surface area contributed by atoms with Crippen LogP contribution in [0.4, 0.5) is 0 Å². The first-order valence-corrected chi connectivity index (χ1v) is 6.27. The molecule has 0 aromatic rings. The first-order valence-electron chi connectivity index (χ1n) is 6.27. The lowest BCUT2D eigenvalue weighted by Crippen LogP contribution is -2.31. The van der Waals surface area contributed by atoms with Gasteiger partial charge in [0.15, 0.2) is 0 Å². The van der Waals surface area contributed by atoms with Gasteiger partial charge >= 0.3 is 5.97 Å². The molecule has 5 nitrogen and oxygen atoms in total. The number of hydrogen-bond acceptors (Lipinski definition) is 3. The van der Waals surface area contributed by atoms with Gasteiger partial charge in [0.05, 0.1) is 5.92 Å². The van der Waals surface area contributed by atoms with Crippen molar-refractivity contribution < 1.29 is 14.7 Å². The third kappa shape index (κ3) is 5.17. The maximum absolute atomic E-state index is 11.0. The number of nitrogens with one attached hydrogen (secondary N) is 2. The van der Waals surface area contributed by atoms with E-state index in [9.17, 15) is 9.59 Å². The van der Waals surface area contributed by atoms with E-state index in [0.29, 0.717) is 18.9 Å². The molecule has 1 fully saturated rings. The van der Waals surface area contributed by atoms with Crippen LogP contribution in [0, 0.1) is 11.8 Å². The minimum Gasteiger partial charge on any atom is -0.481 e. The Kier molecular flexibility index (Phi) is 5.97. The highest BCUT2D eigenvalue weighted by Gasteiger charge is 2.25. The Hall–Kier alpha value is -1.10. The van der Waals surface area contributed by atoms with Crippen LogP contribution in [0.5, 0.6) is 0 Å². The summed E-state index contributed by atoms with van der Waals surface area (Å²) >= 11 is 0. The highest BCUT2D eigenvalue weighted by molar-refractivity contribution is 5.75. The lowest BCUT2D eigenvalue weighted by Gasteiger charge is -2.26. The Labute approximate surface area is 102 Å². The van der Waals surface area contributed by atoms with E-state index in [-0.39, 0.29) is 11.8 Å². The van der Waals surface area contributed by atoms with E-state index in [1.165, 1.54) is 0 Å². The molecule has 98 valence electrons. The summed E-state index contributed by atoms with van der Waals surface area (Å²) in [5, 5.41) is 14.7. The molecular weight excluding hydrogens is 220 g/mol. The number of carboxylic acids is 1. The smallest absolute Gasteiger partial charge is 0.306 e. The number of rotatable bonds is 6. The van der Waals surface area contributed by atoms with Gasteiger partial charge in [-0.1, -0.05) is 0 Å². The fourth-order valence-electron chi connectivity index (χ4n) is 2.25. The van der Waals surface area contributed by atoms with E-state index < -0.39 is 5.97 Å². The SMILES string of the molecule is CNC(=O)CCNCC1CCC(C(=O)O)CC1. The first-order chi connectivity index (χ1) is 8.13. The number of hydrogen-bond donors (Lipinski definition) is 3. The number of carbonyl (C=O) groups excluding carboxylic acids is 1. The zero-order valence-corrected chi connectivity index (χ0v) is 10.4. The van der Waals surface area contributed by atoms with Crippen LogP contribution >= 0.6 is 0 Å². The molecule has 17 heavy (non-hydrogen) atoms. The van der Waals surface area contributed by atoms with Crippen molar-refractivity contribution in [2.75, 3.05) is 20.1 Å². The van der Waals surface area contributed by atoms with Crippen LogP contribution in [0.15, 0.2) is 0 Å². The van der Waals surface area contributed by atoms with Crippen LogP contribution in [-0.4, -0.2) is 37.1 Å². The van der Waals surface area contributed by atoms with Crippen molar-refractivity contribution in [3.8, 4) is 0 Å². The molecule has 3 N–H and O–H groups in total. The predicted molar refractivity (Wildman–Crippen MR) is 64.6 cm³/mol. The van der Waals surface area contributed by atoms with Crippen LogP contribution < -0.4 is 10.6 Å². The van der Waals surface area contributed by atoms with Gasteiger partial charge in [-0.05, 0) is 38.1 Å². The minimum absolute atomic E-state index is 0.0482. The molecule has 5 heteroatoms. The maximum Gasteiger partial charge on any atom is 0.306 e. The van der Waals surface area contributed by atoms with Crippen molar-refractivity contribution >= 4 is 11.9 Å². The lowest BCUT2D eigenvalue weighted by atomic mass is 9.82. The van der Waals surface area contributed by atoms with Gasteiger partial charge in [-0.15, -0.1) is 0 Å². The quantitative estimate of drug-likeness (QED) is 0.596. The molecule has 0 unspecified atom stereocenters. The summed E-state index contributed by atoms with van der Waals surface area (Å²) < 4.78 is 0. The van der Waals surface area contributed by atoms with Crippen LogP contribution in [0.25, 0.3) is 0 Å². The molecule has 1 rings (SSSR count). The van der Waals surface area contributed by atoms with Gasteiger partial charge < -0.3 is 15.7 Å². The van der Waals surface area contributed by atoms with Crippen molar-refractivity contribution in [3.05, 3.63) is 0 Å². The van der Waals surface area contributed by atoms with Crippen molar-refractivity contribution in [2.24, 2.45) is 11.8 Å². The summed E-state index contributed by atoms with van der Waals surface area (Å²) in [5.74, 6) is -0.185. The predicted octanol–water partition coefficient (Wildman–Crippen LogP) is 0.603. The Morgan fingerprint density at radius 1 is 1.24 bits per heavy atom. The van der Waals surface area contributed by atoms with Gasteiger partial charge in [-0.3, -0.25) is 9.59 Å². The topological polar surface area (TPSA) is 78.4 Å². The van der Waals surface area contributed by atoms with E-state index >= 15 is 0 Å². The molecule has 0 aromatic heterocycles. The van der Waals surface area contributed by atoms with Crippen LogP contribution in [-0.2, 0) is 9.59 Å². The third-order valence-electron chi connectivity index (χ3n) is 3.44. The standard InChI is InChI=1S/C12H22N2O3/c1-13-11(15)6-7-14-8-9-2-4-10(5-3-9)12(16)17/h9-10,14H,2-8H2,1H3,(H,13,15)(H,16,17). The molecule has 1 saturated carbocycles. The Morgan fingerprint density at radius 2 is 1.88 bits per heavy atom. The maximum atomic E-state index is 11.0. The molecule has 0 heterocycles. The van der Waals surface area contributed by atoms with E-state index in [4.69, 9.17) is 5.11 Å². The fourth-order valence-corrected chi connectivity index (χ4v) is 2.25. The number of carbonyl (C=O) groups is 2. The summed E-state index contributed by atoms with van der Waals surface area (Å²) in [6.07, 6.45) is 4.03. The Bertz CT molecular complexity index is 260. The fraction of sp³-hybridized carbons (Fsp3) is 0.833. The van der Waals surface area contributed by atoms with Gasteiger partial charge in [-0.25, -0.2) is 0 Å². The molecule has 0 spiro atoms. The highest BCUT2D eigenvalue weighted by Crippen LogP contribution is 2.28. The molecule has 1 amide bonds. The van der Waals surface area contributed by atoms with Gasteiger partial charge in [-0.2, -0.15) is 0 Å². The van der Waals surface area contributed by atoms with Crippen LogP contribution in [0.2, 0.25) is 0 Å². The summed E-state index contributed by atoms with van der Waals surface area (Å²) in [5.41, 5.74) is 0. The average molecular weight is 242 g/mol. The minimum atomic E-state index is -0.656. The molecule has 0 radical (unpaired) electrons.